The van der Waals surface area contributed by atoms with Crippen LogP contribution in [-0.2, 0) is 21.0 Å². The molecule has 5 nitrogen and oxygen atoms in total. The van der Waals surface area contributed by atoms with Crippen molar-refractivity contribution in [3.05, 3.63) is 65.5 Å². The summed E-state index contributed by atoms with van der Waals surface area (Å²) < 4.78 is 18.3. The lowest BCUT2D eigenvalue weighted by atomic mass is 9.96. The fraction of sp³-hybridized carbons (Fsp3) is 0.118. The van der Waals surface area contributed by atoms with E-state index in [1.807, 2.05) is 0 Å². The molecule has 0 spiro atoms. The topological polar surface area (TPSA) is 80.7 Å². The molecule has 2 aromatic carbocycles. The number of hydrogen-bond acceptors (Lipinski definition) is 4. The Morgan fingerprint density at radius 2 is 1.87 bits per heavy atom. The van der Waals surface area contributed by atoms with Gasteiger partial charge in [0, 0.05) is 0 Å². The number of carbonyl (C=O) groups excluding carboxylic acids is 2. The largest absolute Gasteiger partial charge is 0.489 e. The Bertz CT molecular complexity index is 724. The molecular weight excluding hydrogens is 303 g/mol. The molecule has 2 rings (SSSR count). The lowest BCUT2D eigenvalue weighted by Gasteiger charge is -2.10. The number of Topliss-reactive ketones (excluding diaryl/α,β-unsaturated/α-hetero) is 1. The van der Waals surface area contributed by atoms with Crippen LogP contribution >= 0.6 is 0 Å². The molecule has 0 aliphatic carbocycles. The summed E-state index contributed by atoms with van der Waals surface area (Å²) in [5, 5.41) is 8.72. The van der Waals surface area contributed by atoms with Crippen LogP contribution in [0.2, 0.25) is 0 Å². The summed E-state index contributed by atoms with van der Waals surface area (Å²) in [6.07, 6.45) is 0.287. The molecule has 0 aliphatic rings. The molecule has 1 unspecified atom stereocenters. The SMILES string of the molecule is O=CC(C(=O)C(=O)O)c1cccc(OCc2ccc(F)cc2)c1. The lowest BCUT2D eigenvalue weighted by Crippen LogP contribution is -2.22. The summed E-state index contributed by atoms with van der Waals surface area (Å²) in [5.41, 5.74) is 0.981. The molecule has 2 aromatic rings. The predicted molar refractivity (Wildman–Crippen MR) is 78.6 cm³/mol. The monoisotopic (exact) mass is 316 g/mol. The van der Waals surface area contributed by atoms with E-state index < -0.39 is 17.7 Å². The second-order valence-corrected chi connectivity index (χ2v) is 4.77. The third kappa shape index (κ3) is 4.23. The van der Waals surface area contributed by atoms with Crippen molar-refractivity contribution in [2.24, 2.45) is 0 Å². The van der Waals surface area contributed by atoms with E-state index in [2.05, 4.69) is 0 Å². The van der Waals surface area contributed by atoms with Crippen LogP contribution in [0.4, 0.5) is 4.39 Å². The van der Waals surface area contributed by atoms with E-state index in [4.69, 9.17) is 9.84 Å². The molecule has 0 amide bonds. The number of carbonyl (C=O) groups is 3. The number of carboxylic acid groups (broad SMARTS) is 1. The van der Waals surface area contributed by atoms with Crippen molar-refractivity contribution >= 4 is 18.0 Å². The van der Waals surface area contributed by atoms with Crippen LogP contribution in [0.5, 0.6) is 5.75 Å². The zero-order valence-corrected chi connectivity index (χ0v) is 11.9. The highest BCUT2D eigenvalue weighted by molar-refractivity contribution is 6.38. The maximum Gasteiger partial charge on any atom is 0.373 e. The van der Waals surface area contributed by atoms with Gasteiger partial charge in [-0.05, 0) is 35.4 Å². The first-order chi connectivity index (χ1) is 11.0. The minimum Gasteiger partial charge on any atom is -0.489 e. The highest BCUT2D eigenvalue weighted by Crippen LogP contribution is 2.21. The molecule has 0 aromatic heterocycles. The van der Waals surface area contributed by atoms with Gasteiger partial charge in [0.05, 0.1) is 0 Å². The summed E-state index contributed by atoms with van der Waals surface area (Å²) >= 11 is 0. The van der Waals surface area contributed by atoms with Crippen LogP contribution in [-0.4, -0.2) is 23.1 Å². The summed E-state index contributed by atoms with van der Waals surface area (Å²) in [7, 11) is 0. The van der Waals surface area contributed by atoms with Gasteiger partial charge in [0.15, 0.2) is 0 Å². The first kappa shape index (κ1) is 16.4. The summed E-state index contributed by atoms with van der Waals surface area (Å²) in [6, 6.07) is 11.8. The molecule has 0 radical (unpaired) electrons. The Morgan fingerprint density at radius 3 is 2.48 bits per heavy atom. The minimum atomic E-state index is -1.67. The van der Waals surface area contributed by atoms with Gasteiger partial charge in [-0.15, -0.1) is 0 Å². The van der Waals surface area contributed by atoms with E-state index in [1.54, 1.807) is 24.3 Å². The average molecular weight is 316 g/mol. The second kappa shape index (κ2) is 7.31. The van der Waals surface area contributed by atoms with E-state index >= 15 is 0 Å². The third-order valence-electron chi connectivity index (χ3n) is 3.17. The fourth-order valence-electron chi connectivity index (χ4n) is 1.97. The van der Waals surface area contributed by atoms with Crippen LogP contribution in [0.1, 0.15) is 17.0 Å². The molecular formula is C17H13FO5. The van der Waals surface area contributed by atoms with Gasteiger partial charge >= 0.3 is 5.97 Å². The second-order valence-electron chi connectivity index (χ2n) is 4.77. The standard InChI is InChI=1S/C17H13FO5/c18-13-6-4-11(5-7-13)10-23-14-3-1-2-12(8-14)15(9-19)16(20)17(21)22/h1-9,15H,10H2,(H,21,22). The Balaban J connectivity index is 2.12. The zero-order valence-electron chi connectivity index (χ0n) is 11.9. The predicted octanol–water partition coefficient (Wildman–Crippen LogP) is 2.34. The molecule has 1 atom stereocenters. The van der Waals surface area contributed by atoms with E-state index in [-0.39, 0.29) is 24.3 Å². The third-order valence-corrected chi connectivity index (χ3v) is 3.17. The highest BCUT2D eigenvalue weighted by Gasteiger charge is 2.26. The van der Waals surface area contributed by atoms with Crippen molar-refractivity contribution in [3.63, 3.8) is 0 Å². The highest BCUT2D eigenvalue weighted by atomic mass is 19.1. The molecule has 0 fully saturated rings. The van der Waals surface area contributed by atoms with E-state index in [0.717, 1.165) is 5.56 Å². The van der Waals surface area contributed by atoms with E-state index in [9.17, 15) is 18.8 Å². The van der Waals surface area contributed by atoms with Gasteiger partial charge in [-0.3, -0.25) is 4.79 Å². The van der Waals surface area contributed by atoms with Gasteiger partial charge in [0.25, 0.3) is 5.78 Å². The number of aldehydes is 1. The van der Waals surface area contributed by atoms with Gasteiger partial charge in [-0.1, -0.05) is 24.3 Å². The number of ketones is 1. The number of ether oxygens (including phenoxy) is 1. The number of benzene rings is 2. The van der Waals surface area contributed by atoms with Crippen molar-refractivity contribution in [2.45, 2.75) is 12.5 Å². The number of hydrogen-bond donors (Lipinski definition) is 1. The lowest BCUT2D eigenvalue weighted by molar-refractivity contribution is -0.150. The quantitative estimate of drug-likeness (QED) is 0.482. The first-order valence-electron chi connectivity index (χ1n) is 6.71. The van der Waals surface area contributed by atoms with Crippen molar-refractivity contribution in [1.29, 1.82) is 0 Å². The van der Waals surface area contributed by atoms with Crippen LogP contribution in [0.25, 0.3) is 0 Å². The number of aliphatic carboxylic acids is 1. The molecule has 0 aliphatic heterocycles. The summed E-state index contributed by atoms with van der Waals surface area (Å²) in [5.74, 6) is -4.22. The number of halogens is 1. The first-order valence-corrected chi connectivity index (χ1v) is 6.71. The van der Waals surface area contributed by atoms with E-state index in [0.29, 0.717) is 5.75 Å². The Labute approximate surface area is 131 Å². The van der Waals surface area contributed by atoms with Crippen molar-refractivity contribution in [3.8, 4) is 5.75 Å². The van der Waals surface area contributed by atoms with Gasteiger partial charge < -0.3 is 14.6 Å². The van der Waals surface area contributed by atoms with Crippen LogP contribution in [0, 0.1) is 5.82 Å². The zero-order chi connectivity index (χ0) is 16.8. The summed E-state index contributed by atoms with van der Waals surface area (Å²) in [6.45, 7) is 0.169. The van der Waals surface area contributed by atoms with E-state index in [1.165, 1.54) is 24.3 Å². The normalized spacial score (nSPS) is 11.5. The number of carboxylic acids is 1. The Hall–Kier alpha value is -3.02. The molecule has 1 N–H and O–H groups in total. The van der Waals surface area contributed by atoms with Gasteiger partial charge in [0.1, 0.15) is 30.4 Å². The molecule has 0 saturated heterocycles. The van der Waals surface area contributed by atoms with Gasteiger partial charge in [-0.2, -0.15) is 0 Å². The molecule has 0 bridgehead atoms. The fourth-order valence-corrected chi connectivity index (χ4v) is 1.97. The Morgan fingerprint density at radius 1 is 1.17 bits per heavy atom. The van der Waals surface area contributed by atoms with Crippen LogP contribution in [0.3, 0.4) is 0 Å². The van der Waals surface area contributed by atoms with Gasteiger partial charge in [0.2, 0.25) is 0 Å². The molecule has 6 heteroatoms. The van der Waals surface area contributed by atoms with Crippen LogP contribution < -0.4 is 4.74 Å². The molecule has 0 heterocycles. The van der Waals surface area contributed by atoms with Crippen molar-refractivity contribution in [2.75, 3.05) is 0 Å². The Kier molecular flexibility index (Phi) is 5.19. The van der Waals surface area contributed by atoms with Gasteiger partial charge in [-0.25, -0.2) is 9.18 Å². The maximum atomic E-state index is 12.8. The summed E-state index contributed by atoms with van der Waals surface area (Å²) in [4.78, 5) is 33.2. The van der Waals surface area contributed by atoms with Crippen molar-refractivity contribution in [1.82, 2.24) is 0 Å². The number of rotatable bonds is 7. The maximum absolute atomic E-state index is 12.8. The molecule has 0 saturated carbocycles. The minimum absolute atomic E-state index is 0.169. The molecule has 23 heavy (non-hydrogen) atoms. The molecule has 118 valence electrons. The van der Waals surface area contributed by atoms with Crippen molar-refractivity contribution < 1.29 is 28.6 Å². The smallest absolute Gasteiger partial charge is 0.373 e. The average Bonchev–Trinajstić information content (AvgIpc) is 2.55. The van der Waals surface area contributed by atoms with Crippen LogP contribution in [0.15, 0.2) is 48.5 Å².